The molecular weight excluding hydrogens is 218 g/mol. The quantitative estimate of drug-likeness (QED) is 0.843. The molecule has 2 N–H and O–H groups in total. The molecule has 1 aromatic rings. The van der Waals surface area contributed by atoms with E-state index in [1.54, 1.807) is 12.1 Å². The van der Waals surface area contributed by atoms with E-state index < -0.39 is 5.97 Å². The second kappa shape index (κ2) is 4.37. The highest BCUT2D eigenvalue weighted by molar-refractivity contribution is 5.89. The van der Waals surface area contributed by atoms with Gasteiger partial charge in [-0.3, -0.25) is 0 Å². The van der Waals surface area contributed by atoms with Gasteiger partial charge in [0.05, 0.1) is 17.7 Å². The van der Waals surface area contributed by atoms with Crippen molar-refractivity contribution in [2.75, 3.05) is 18.5 Å². The maximum absolute atomic E-state index is 10.9. The number of benzene rings is 1. The molecule has 1 aromatic carbocycles. The van der Waals surface area contributed by atoms with Gasteiger partial charge >= 0.3 is 5.97 Å². The minimum absolute atomic E-state index is 0.0445. The molecule has 0 radical (unpaired) electrons. The largest absolute Gasteiger partial charge is 0.478 e. The highest BCUT2D eigenvalue weighted by atomic mass is 16.5. The number of anilines is 1. The lowest BCUT2D eigenvalue weighted by molar-refractivity contribution is 0.0696. The van der Waals surface area contributed by atoms with Crippen LogP contribution in [0.1, 0.15) is 29.3 Å². The van der Waals surface area contributed by atoms with Gasteiger partial charge in [0.2, 0.25) is 0 Å². The van der Waals surface area contributed by atoms with E-state index in [9.17, 15) is 4.79 Å². The van der Waals surface area contributed by atoms with E-state index in [-0.39, 0.29) is 5.54 Å². The van der Waals surface area contributed by atoms with E-state index in [1.807, 2.05) is 13.0 Å². The minimum atomic E-state index is -0.885. The number of ether oxygens (including phenoxy) is 1. The van der Waals surface area contributed by atoms with Crippen molar-refractivity contribution in [2.45, 2.75) is 25.8 Å². The van der Waals surface area contributed by atoms with E-state index in [2.05, 4.69) is 12.2 Å². The fraction of sp³-hybridized carbons (Fsp3) is 0.462. The summed E-state index contributed by atoms with van der Waals surface area (Å²) >= 11 is 0. The van der Waals surface area contributed by atoms with Crippen molar-refractivity contribution in [3.8, 4) is 0 Å². The average Bonchev–Trinajstić information content (AvgIpc) is 2.64. The molecule has 2 rings (SSSR count). The first kappa shape index (κ1) is 11.9. The molecule has 1 fully saturated rings. The molecule has 17 heavy (non-hydrogen) atoms. The number of carboxylic acid groups (broad SMARTS) is 1. The second-order valence-corrected chi connectivity index (χ2v) is 4.82. The number of rotatable bonds is 3. The summed E-state index contributed by atoms with van der Waals surface area (Å²) in [5.74, 6) is -0.885. The van der Waals surface area contributed by atoms with Crippen LogP contribution in [0.25, 0.3) is 0 Å². The highest BCUT2D eigenvalue weighted by Crippen LogP contribution is 2.25. The Labute approximate surface area is 101 Å². The second-order valence-electron chi connectivity index (χ2n) is 4.82. The van der Waals surface area contributed by atoms with E-state index >= 15 is 0 Å². The molecule has 0 saturated carbocycles. The lowest BCUT2D eigenvalue weighted by Gasteiger charge is -2.25. The van der Waals surface area contributed by atoms with Crippen LogP contribution < -0.4 is 5.32 Å². The third-order valence-electron chi connectivity index (χ3n) is 3.12. The summed E-state index contributed by atoms with van der Waals surface area (Å²) in [6, 6.07) is 5.31. The molecular formula is C13H17NO3. The van der Waals surface area contributed by atoms with E-state index in [0.717, 1.165) is 24.3 Å². The molecule has 4 heteroatoms. The smallest absolute Gasteiger partial charge is 0.335 e. The maximum atomic E-state index is 10.9. The van der Waals surface area contributed by atoms with Gasteiger partial charge in [-0.1, -0.05) is 0 Å². The van der Waals surface area contributed by atoms with Gasteiger partial charge in [-0.15, -0.1) is 0 Å². The van der Waals surface area contributed by atoms with Crippen LogP contribution in [0.2, 0.25) is 0 Å². The molecule has 1 aliphatic heterocycles. The van der Waals surface area contributed by atoms with Crippen molar-refractivity contribution in [1.29, 1.82) is 0 Å². The average molecular weight is 235 g/mol. The summed E-state index contributed by atoms with van der Waals surface area (Å²) < 4.78 is 5.37. The fourth-order valence-corrected chi connectivity index (χ4v) is 2.10. The molecule has 4 nitrogen and oxygen atoms in total. The van der Waals surface area contributed by atoms with Gasteiger partial charge in [-0.25, -0.2) is 4.79 Å². The van der Waals surface area contributed by atoms with Crippen molar-refractivity contribution < 1.29 is 14.6 Å². The van der Waals surface area contributed by atoms with E-state index in [0.29, 0.717) is 12.2 Å². The number of aryl methyl sites for hydroxylation is 1. The number of carbonyl (C=O) groups is 1. The van der Waals surface area contributed by atoms with Gasteiger partial charge < -0.3 is 15.2 Å². The lowest BCUT2D eigenvalue weighted by atomic mass is 10.0. The van der Waals surface area contributed by atoms with Crippen LogP contribution in [0.4, 0.5) is 5.69 Å². The van der Waals surface area contributed by atoms with Crippen LogP contribution in [-0.2, 0) is 4.74 Å². The van der Waals surface area contributed by atoms with Crippen molar-refractivity contribution in [3.05, 3.63) is 29.3 Å². The molecule has 0 aromatic heterocycles. The number of hydrogen-bond acceptors (Lipinski definition) is 3. The molecule has 0 spiro atoms. The molecule has 92 valence electrons. The summed E-state index contributed by atoms with van der Waals surface area (Å²) in [4.78, 5) is 10.9. The van der Waals surface area contributed by atoms with Crippen molar-refractivity contribution in [3.63, 3.8) is 0 Å². The van der Waals surface area contributed by atoms with Crippen LogP contribution >= 0.6 is 0 Å². The predicted octanol–water partition coefficient (Wildman–Crippen LogP) is 2.28. The first-order chi connectivity index (χ1) is 8.00. The zero-order valence-electron chi connectivity index (χ0n) is 10.1. The van der Waals surface area contributed by atoms with E-state index in [1.165, 1.54) is 0 Å². The van der Waals surface area contributed by atoms with Crippen molar-refractivity contribution in [1.82, 2.24) is 0 Å². The Hall–Kier alpha value is -1.55. The summed E-state index contributed by atoms with van der Waals surface area (Å²) in [5, 5.41) is 12.4. The van der Waals surface area contributed by atoms with Gasteiger partial charge in [0.15, 0.2) is 0 Å². The van der Waals surface area contributed by atoms with Gasteiger partial charge in [0.1, 0.15) is 0 Å². The van der Waals surface area contributed by atoms with Crippen LogP contribution in [0.5, 0.6) is 0 Å². The van der Waals surface area contributed by atoms with Crippen LogP contribution in [-0.4, -0.2) is 29.8 Å². The SMILES string of the molecule is Cc1cc(NC2(C)CCOC2)ccc1C(=O)O. The molecule has 0 aliphatic carbocycles. The molecule has 1 heterocycles. The van der Waals surface area contributed by atoms with Crippen molar-refractivity contribution >= 4 is 11.7 Å². The van der Waals surface area contributed by atoms with Gasteiger partial charge in [-0.05, 0) is 44.0 Å². The van der Waals surface area contributed by atoms with Gasteiger partial charge in [-0.2, -0.15) is 0 Å². The Morgan fingerprint density at radius 3 is 2.82 bits per heavy atom. The summed E-state index contributed by atoms with van der Waals surface area (Å²) in [6.07, 6.45) is 0.965. The van der Waals surface area contributed by atoms with Crippen LogP contribution in [0.15, 0.2) is 18.2 Å². The number of hydrogen-bond donors (Lipinski definition) is 2. The number of nitrogens with one attached hydrogen (secondary N) is 1. The molecule has 1 saturated heterocycles. The van der Waals surface area contributed by atoms with E-state index in [4.69, 9.17) is 9.84 Å². The Bertz CT molecular complexity index is 436. The summed E-state index contributed by atoms with van der Waals surface area (Å²) in [7, 11) is 0. The van der Waals surface area contributed by atoms with Crippen LogP contribution in [0.3, 0.4) is 0 Å². The Balaban J connectivity index is 2.17. The normalized spacial score (nSPS) is 23.6. The Morgan fingerprint density at radius 2 is 2.29 bits per heavy atom. The van der Waals surface area contributed by atoms with Crippen molar-refractivity contribution in [2.24, 2.45) is 0 Å². The fourth-order valence-electron chi connectivity index (χ4n) is 2.10. The molecule has 1 atom stereocenters. The third kappa shape index (κ3) is 2.58. The summed E-state index contributed by atoms with van der Waals surface area (Å²) in [6.45, 7) is 5.38. The first-order valence-electron chi connectivity index (χ1n) is 5.70. The zero-order chi connectivity index (χ0) is 12.5. The third-order valence-corrected chi connectivity index (χ3v) is 3.12. The summed E-state index contributed by atoms with van der Waals surface area (Å²) in [5.41, 5.74) is 2.02. The number of aromatic carboxylic acids is 1. The predicted molar refractivity (Wildman–Crippen MR) is 65.6 cm³/mol. The van der Waals surface area contributed by atoms with Crippen LogP contribution in [0, 0.1) is 6.92 Å². The zero-order valence-corrected chi connectivity index (χ0v) is 10.1. The number of carboxylic acids is 1. The molecule has 0 bridgehead atoms. The maximum Gasteiger partial charge on any atom is 0.335 e. The monoisotopic (exact) mass is 235 g/mol. The minimum Gasteiger partial charge on any atom is -0.478 e. The topological polar surface area (TPSA) is 58.6 Å². The first-order valence-corrected chi connectivity index (χ1v) is 5.70. The Morgan fingerprint density at radius 1 is 1.53 bits per heavy atom. The standard InChI is InChI=1S/C13H17NO3/c1-9-7-10(3-4-11(9)12(15)16)14-13(2)5-6-17-8-13/h3-4,7,14H,5-6,8H2,1-2H3,(H,15,16). The van der Waals surface area contributed by atoms with Gasteiger partial charge in [0.25, 0.3) is 0 Å². The molecule has 0 amide bonds. The highest BCUT2D eigenvalue weighted by Gasteiger charge is 2.29. The molecule has 1 unspecified atom stereocenters. The Kier molecular flexibility index (Phi) is 3.07. The van der Waals surface area contributed by atoms with Gasteiger partial charge in [0, 0.05) is 12.3 Å². The molecule has 1 aliphatic rings. The lowest BCUT2D eigenvalue weighted by Crippen LogP contribution is -2.34.